The minimum atomic E-state index is -0.166. The first-order valence-corrected chi connectivity index (χ1v) is 11.1. The molecule has 0 fully saturated rings. The van der Waals surface area contributed by atoms with Crippen LogP contribution in [0.5, 0.6) is 0 Å². The molecule has 3 aromatic heterocycles. The lowest BCUT2D eigenvalue weighted by molar-refractivity contribution is 0.102. The summed E-state index contributed by atoms with van der Waals surface area (Å²) in [6.07, 6.45) is 5.96. The van der Waals surface area contributed by atoms with Crippen molar-refractivity contribution in [1.82, 2.24) is 15.0 Å². The molecule has 152 valence electrons. The molecule has 1 N–H and O–H groups in total. The van der Waals surface area contributed by atoms with E-state index in [0.29, 0.717) is 17.1 Å². The van der Waals surface area contributed by atoms with E-state index in [0.717, 1.165) is 39.6 Å². The number of nitrogens with one attached hydrogen (secondary N) is 1. The van der Waals surface area contributed by atoms with Gasteiger partial charge in [-0.3, -0.25) is 10.1 Å². The molecule has 4 aromatic rings. The highest BCUT2D eigenvalue weighted by Gasteiger charge is 2.15. The molecular formula is C21H24N4O2S2. The summed E-state index contributed by atoms with van der Waals surface area (Å²) in [4.78, 5) is 26.5. The van der Waals surface area contributed by atoms with Crippen LogP contribution in [0.25, 0.3) is 10.2 Å². The van der Waals surface area contributed by atoms with Crippen molar-refractivity contribution in [3.8, 4) is 0 Å². The Hall–Kier alpha value is -2.58. The third-order valence-corrected chi connectivity index (χ3v) is 6.02. The zero-order valence-electron chi connectivity index (χ0n) is 16.6. The molecule has 0 saturated carbocycles. The van der Waals surface area contributed by atoms with Gasteiger partial charge in [-0.2, -0.15) is 0 Å². The van der Waals surface area contributed by atoms with Crippen LogP contribution in [0.1, 0.15) is 49.1 Å². The molecule has 0 aliphatic heterocycles. The van der Waals surface area contributed by atoms with E-state index in [1.54, 1.807) is 17.8 Å². The van der Waals surface area contributed by atoms with E-state index in [4.69, 9.17) is 4.42 Å². The second-order valence-corrected chi connectivity index (χ2v) is 10.1. The van der Waals surface area contributed by atoms with Crippen LogP contribution in [0.15, 0.2) is 40.5 Å². The van der Waals surface area contributed by atoms with Gasteiger partial charge in [-0.15, -0.1) is 22.7 Å². The molecule has 0 aliphatic carbocycles. The summed E-state index contributed by atoms with van der Waals surface area (Å²) in [5.74, 6) is 1.49. The molecule has 0 bridgehead atoms. The van der Waals surface area contributed by atoms with Gasteiger partial charge in [0.25, 0.3) is 5.91 Å². The average Bonchev–Trinajstić information content (AvgIpc) is 3.38. The number of hydrogen-bond acceptors (Lipinski definition) is 7. The van der Waals surface area contributed by atoms with Crippen molar-refractivity contribution >= 4 is 43.9 Å². The molecule has 8 heteroatoms. The number of amides is 1. The topological polar surface area (TPSA) is 80.9 Å². The van der Waals surface area contributed by atoms with Gasteiger partial charge in [0.05, 0.1) is 21.9 Å². The van der Waals surface area contributed by atoms with Crippen molar-refractivity contribution in [3.63, 3.8) is 0 Å². The Labute approximate surface area is 178 Å². The molecule has 0 radical (unpaired) electrons. The third-order valence-electron chi connectivity index (χ3n) is 4.26. The minimum Gasteiger partial charge on any atom is -0.446 e. The highest BCUT2D eigenvalue weighted by molar-refractivity contribution is 7.16. The van der Waals surface area contributed by atoms with Gasteiger partial charge < -0.3 is 4.42 Å². The Morgan fingerprint density at radius 2 is 2.03 bits per heavy atom. The van der Waals surface area contributed by atoms with E-state index >= 15 is 0 Å². The lowest BCUT2D eigenvalue weighted by Gasteiger charge is -2.15. The molecule has 1 amide bonds. The minimum absolute atomic E-state index is 0. The summed E-state index contributed by atoms with van der Waals surface area (Å²) < 4.78 is 6.83. The van der Waals surface area contributed by atoms with Crippen LogP contribution >= 0.6 is 22.7 Å². The van der Waals surface area contributed by atoms with Gasteiger partial charge in [0.15, 0.2) is 11.0 Å². The molecule has 6 nitrogen and oxygen atoms in total. The molecular weight excluding hydrogens is 404 g/mol. The SMILES string of the molecule is CC(C)(C)Cc1cnc(CCc2cnc(NC(=O)c3ccc4ncsc4c3)s2)o1.[HH]. The van der Waals surface area contributed by atoms with Crippen LogP contribution in [-0.4, -0.2) is 20.9 Å². The van der Waals surface area contributed by atoms with Crippen LogP contribution < -0.4 is 5.32 Å². The standard InChI is InChI=1S/C21H22N4O2S2.H2/c1-21(2,3)9-14-10-22-18(27-14)7-5-15-11-23-20(29-15)25-19(26)13-4-6-16-17(8-13)28-12-24-16;/h4,6,8,10-12H,5,7,9H2,1-3H3,(H,23,25,26);1H. The number of hydrogen-bond donors (Lipinski definition) is 1. The fourth-order valence-corrected chi connectivity index (χ4v) is 4.47. The first kappa shape index (κ1) is 19.7. The Kier molecular flexibility index (Phi) is 5.47. The Bertz CT molecular complexity index is 1140. The third kappa shape index (κ3) is 5.07. The molecule has 0 aliphatic rings. The summed E-state index contributed by atoms with van der Waals surface area (Å²) >= 11 is 2.99. The zero-order chi connectivity index (χ0) is 20.4. The molecule has 0 spiro atoms. The van der Waals surface area contributed by atoms with Crippen molar-refractivity contribution in [1.29, 1.82) is 0 Å². The van der Waals surface area contributed by atoms with Crippen molar-refractivity contribution in [2.75, 3.05) is 5.32 Å². The summed E-state index contributed by atoms with van der Waals surface area (Å²) in [5.41, 5.74) is 3.45. The van der Waals surface area contributed by atoms with Crippen molar-refractivity contribution < 1.29 is 10.6 Å². The highest BCUT2D eigenvalue weighted by Crippen LogP contribution is 2.24. The van der Waals surface area contributed by atoms with Crippen molar-refractivity contribution in [2.24, 2.45) is 5.41 Å². The molecule has 4 rings (SSSR count). The molecule has 29 heavy (non-hydrogen) atoms. The van der Waals surface area contributed by atoms with Crippen molar-refractivity contribution in [2.45, 2.75) is 40.0 Å². The Morgan fingerprint density at radius 1 is 1.17 bits per heavy atom. The first-order valence-electron chi connectivity index (χ1n) is 9.39. The maximum absolute atomic E-state index is 12.5. The van der Waals surface area contributed by atoms with Gasteiger partial charge >= 0.3 is 0 Å². The van der Waals surface area contributed by atoms with Gasteiger partial charge in [-0.25, -0.2) is 15.0 Å². The molecule has 0 saturated heterocycles. The number of fused-ring (bicyclic) bond motifs is 1. The number of aromatic nitrogens is 3. The molecule has 1 aromatic carbocycles. The monoisotopic (exact) mass is 428 g/mol. The Morgan fingerprint density at radius 3 is 2.86 bits per heavy atom. The number of benzene rings is 1. The highest BCUT2D eigenvalue weighted by atomic mass is 32.1. The van der Waals surface area contributed by atoms with E-state index in [-0.39, 0.29) is 12.7 Å². The van der Waals surface area contributed by atoms with Crippen molar-refractivity contribution in [3.05, 3.63) is 58.2 Å². The second kappa shape index (κ2) is 8.04. The average molecular weight is 429 g/mol. The fourth-order valence-electron chi connectivity index (χ4n) is 2.94. The van der Waals surface area contributed by atoms with E-state index in [2.05, 4.69) is 41.0 Å². The van der Waals surface area contributed by atoms with E-state index < -0.39 is 0 Å². The number of rotatable bonds is 6. The number of nitrogens with zero attached hydrogens (tertiary/aromatic N) is 3. The van der Waals surface area contributed by atoms with Gasteiger partial charge in [-0.05, 0) is 30.0 Å². The number of anilines is 1. The van der Waals surface area contributed by atoms with Gasteiger partial charge in [0, 0.05) is 30.9 Å². The summed E-state index contributed by atoms with van der Waals surface area (Å²) in [6, 6.07) is 5.50. The Balaban J connectivity index is 0.00000256. The first-order chi connectivity index (χ1) is 13.9. The van der Waals surface area contributed by atoms with Crippen LogP contribution in [-0.2, 0) is 19.3 Å². The summed E-state index contributed by atoms with van der Waals surface area (Å²) in [6.45, 7) is 6.53. The predicted octanol–water partition coefficient (Wildman–Crippen LogP) is 5.61. The van der Waals surface area contributed by atoms with Crippen LogP contribution in [0, 0.1) is 5.41 Å². The number of thiazole rings is 2. The van der Waals surface area contributed by atoms with Crippen LogP contribution in [0.2, 0.25) is 0 Å². The summed E-state index contributed by atoms with van der Waals surface area (Å²) in [5, 5.41) is 3.47. The molecule has 0 atom stereocenters. The fraction of sp³-hybridized carbons (Fsp3) is 0.333. The number of oxazole rings is 1. The zero-order valence-corrected chi connectivity index (χ0v) is 18.2. The lowest BCUT2D eigenvalue weighted by atomic mass is 9.91. The second-order valence-electron chi connectivity index (χ2n) is 8.08. The summed E-state index contributed by atoms with van der Waals surface area (Å²) in [7, 11) is 0. The number of carbonyl (C=O) groups is 1. The maximum atomic E-state index is 12.5. The maximum Gasteiger partial charge on any atom is 0.257 e. The van der Waals surface area contributed by atoms with Crippen LogP contribution in [0.3, 0.4) is 0 Å². The molecule has 0 unspecified atom stereocenters. The van der Waals surface area contributed by atoms with Gasteiger partial charge in [-0.1, -0.05) is 20.8 Å². The van der Waals surface area contributed by atoms with E-state index in [1.807, 2.05) is 18.3 Å². The largest absolute Gasteiger partial charge is 0.446 e. The molecule has 3 heterocycles. The normalized spacial score (nSPS) is 11.8. The van der Waals surface area contributed by atoms with Gasteiger partial charge in [0.1, 0.15) is 5.76 Å². The van der Waals surface area contributed by atoms with Crippen LogP contribution in [0.4, 0.5) is 5.13 Å². The predicted molar refractivity (Wildman–Crippen MR) is 119 cm³/mol. The van der Waals surface area contributed by atoms with Gasteiger partial charge in [0.2, 0.25) is 0 Å². The van der Waals surface area contributed by atoms with E-state index in [9.17, 15) is 4.79 Å². The smallest absolute Gasteiger partial charge is 0.257 e. The quantitative estimate of drug-likeness (QED) is 0.431. The lowest BCUT2D eigenvalue weighted by Crippen LogP contribution is -2.11. The van der Waals surface area contributed by atoms with E-state index in [1.165, 1.54) is 22.7 Å². The number of carbonyl (C=O) groups excluding carboxylic acids is 1. The number of aryl methyl sites for hydroxylation is 2.